The lowest BCUT2D eigenvalue weighted by atomic mass is 9.98. The van der Waals surface area contributed by atoms with Crippen LogP contribution in [0, 0.1) is 18.3 Å². The van der Waals surface area contributed by atoms with Crippen LogP contribution in [-0.4, -0.2) is 25.2 Å². The molecule has 0 spiro atoms. The highest BCUT2D eigenvalue weighted by Gasteiger charge is 2.25. The Kier molecular flexibility index (Phi) is 3.97. The molecule has 0 N–H and O–H groups in total. The number of anilines is 1. The molecular formula is C18H19N3O. The summed E-state index contributed by atoms with van der Waals surface area (Å²) in [4.78, 5) is 6.73. The highest BCUT2D eigenvalue weighted by atomic mass is 16.5. The maximum atomic E-state index is 9.12. The van der Waals surface area contributed by atoms with Crippen molar-refractivity contribution in [2.24, 2.45) is 0 Å². The van der Waals surface area contributed by atoms with Crippen molar-refractivity contribution >= 4 is 5.82 Å². The molecule has 22 heavy (non-hydrogen) atoms. The maximum Gasteiger partial charge on any atom is 0.145 e. The van der Waals surface area contributed by atoms with Crippen molar-refractivity contribution in [1.82, 2.24) is 4.98 Å². The van der Waals surface area contributed by atoms with Crippen LogP contribution in [0.15, 0.2) is 36.4 Å². The zero-order valence-corrected chi connectivity index (χ0v) is 12.9. The third-order valence-electron chi connectivity index (χ3n) is 4.29. The molecule has 112 valence electrons. The first kappa shape index (κ1) is 14.4. The Balaban J connectivity index is 1.75. The summed E-state index contributed by atoms with van der Waals surface area (Å²) >= 11 is 0. The van der Waals surface area contributed by atoms with Gasteiger partial charge in [-0.25, -0.2) is 4.98 Å². The SMILES string of the molecule is COc1ccc(C2CCN(c3ccc(C)c(C#N)n3)C2)cc1. The Hall–Kier alpha value is -2.54. The van der Waals surface area contributed by atoms with Gasteiger partial charge in [-0.15, -0.1) is 0 Å². The number of benzene rings is 1. The van der Waals surface area contributed by atoms with Crippen LogP contribution < -0.4 is 9.64 Å². The van der Waals surface area contributed by atoms with Crippen molar-refractivity contribution < 1.29 is 4.74 Å². The third-order valence-corrected chi connectivity index (χ3v) is 4.29. The quantitative estimate of drug-likeness (QED) is 0.871. The Bertz CT molecular complexity index is 703. The summed E-state index contributed by atoms with van der Waals surface area (Å²) in [6.07, 6.45) is 1.10. The minimum atomic E-state index is 0.500. The lowest BCUT2D eigenvalue weighted by molar-refractivity contribution is 0.414. The molecule has 2 heterocycles. The van der Waals surface area contributed by atoms with Crippen LogP contribution in [0.1, 0.15) is 29.2 Å². The summed E-state index contributed by atoms with van der Waals surface area (Å²) in [5.41, 5.74) is 2.78. The highest BCUT2D eigenvalue weighted by Crippen LogP contribution is 2.31. The fourth-order valence-electron chi connectivity index (χ4n) is 2.92. The number of aromatic nitrogens is 1. The van der Waals surface area contributed by atoms with Crippen molar-refractivity contribution in [3.63, 3.8) is 0 Å². The van der Waals surface area contributed by atoms with E-state index in [1.54, 1.807) is 7.11 Å². The molecule has 4 heteroatoms. The van der Waals surface area contributed by atoms with E-state index >= 15 is 0 Å². The van der Waals surface area contributed by atoms with E-state index in [4.69, 9.17) is 10.00 Å². The molecule has 0 aliphatic carbocycles. The minimum absolute atomic E-state index is 0.500. The lowest BCUT2D eigenvalue weighted by Crippen LogP contribution is -2.20. The standard InChI is InChI=1S/C18H19N3O/c1-13-3-8-18(20-17(13)11-19)21-10-9-15(12-21)14-4-6-16(22-2)7-5-14/h3-8,15H,9-10,12H2,1-2H3. The van der Waals surface area contributed by atoms with Crippen molar-refractivity contribution in [3.8, 4) is 11.8 Å². The Morgan fingerprint density at radius 3 is 2.68 bits per heavy atom. The number of hydrogen-bond donors (Lipinski definition) is 0. The summed E-state index contributed by atoms with van der Waals surface area (Å²) in [5, 5.41) is 9.12. The van der Waals surface area contributed by atoms with Gasteiger partial charge in [0.25, 0.3) is 0 Å². The number of hydrogen-bond acceptors (Lipinski definition) is 4. The molecule has 1 saturated heterocycles. The number of methoxy groups -OCH3 is 1. The van der Waals surface area contributed by atoms with Gasteiger partial charge in [-0.05, 0) is 42.7 Å². The second-order valence-corrected chi connectivity index (χ2v) is 5.65. The van der Waals surface area contributed by atoms with E-state index in [0.29, 0.717) is 11.6 Å². The molecule has 0 saturated carbocycles. The fraction of sp³-hybridized carbons (Fsp3) is 0.333. The van der Waals surface area contributed by atoms with Gasteiger partial charge in [-0.2, -0.15) is 5.26 Å². The summed E-state index contributed by atoms with van der Waals surface area (Å²) < 4.78 is 5.21. The van der Waals surface area contributed by atoms with Gasteiger partial charge in [0.05, 0.1) is 7.11 Å². The van der Waals surface area contributed by atoms with Gasteiger partial charge in [-0.3, -0.25) is 0 Å². The molecule has 2 aromatic rings. The Morgan fingerprint density at radius 1 is 1.23 bits per heavy atom. The molecule has 0 bridgehead atoms. The highest BCUT2D eigenvalue weighted by molar-refractivity contribution is 5.46. The van der Waals surface area contributed by atoms with Crippen molar-refractivity contribution in [2.45, 2.75) is 19.3 Å². The molecule has 1 aromatic carbocycles. The molecule has 1 aromatic heterocycles. The monoisotopic (exact) mass is 293 g/mol. The normalized spacial score (nSPS) is 17.3. The molecule has 3 rings (SSSR count). The predicted octanol–water partition coefficient (Wildman–Crippen LogP) is 3.26. The van der Waals surface area contributed by atoms with Crippen LogP contribution in [0.5, 0.6) is 5.75 Å². The van der Waals surface area contributed by atoms with Gasteiger partial charge in [-0.1, -0.05) is 18.2 Å². The molecule has 0 radical (unpaired) electrons. The van der Waals surface area contributed by atoms with Gasteiger partial charge in [0.1, 0.15) is 23.3 Å². The molecule has 4 nitrogen and oxygen atoms in total. The third kappa shape index (κ3) is 2.75. The summed E-state index contributed by atoms with van der Waals surface area (Å²) in [5.74, 6) is 2.29. The molecule has 1 aliphatic rings. The van der Waals surface area contributed by atoms with Crippen LogP contribution in [0.2, 0.25) is 0 Å². The van der Waals surface area contributed by atoms with E-state index in [-0.39, 0.29) is 0 Å². The van der Waals surface area contributed by atoms with Crippen molar-refractivity contribution in [3.05, 3.63) is 53.2 Å². The number of aryl methyl sites for hydroxylation is 1. The number of pyridine rings is 1. The van der Waals surface area contributed by atoms with E-state index in [0.717, 1.165) is 36.6 Å². The van der Waals surface area contributed by atoms with Gasteiger partial charge in [0.15, 0.2) is 0 Å². The zero-order chi connectivity index (χ0) is 15.5. The number of rotatable bonds is 3. The van der Waals surface area contributed by atoms with E-state index in [1.807, 2.05) is 31.2 Å². The van der Waals surface area contributed by atoms with Gasteiger partial charge < -0.3 is 9.64 Å². The molecule has 1 atom stereocenters. The van der Waals surface area contributed by atoms with E-state index in [1.165, 1.54) is 5.56 Å². The Labute approximate surface area is 131 Å². The molecular weight excluding hydrogens is 274 g/mol. The van der Waals surface area contributed by atoms with Crippen LogP contribution in [0.3, 0.4) is 0 Å². The molecule has 0 amide bonds. The second kappa shape index (κ2) is 6.07. The van der Waals surface area contributed by atoms with Crippen LogP contribution in [-0.2, 0) is 0 Å². The first-order chi connectivity index (χ1) is 10.7. The first-order valence-electron chi connectivity index (χ1n) is 7.48. The largest absolute Gasteiger partial charge is 0.497 e. The molecule has 1 fully saturated rings. The predicted molar refractivity (Wildman–Crippen MR) is 86.3 cm³/mol. The van der Waals surface area contributed by atoms with Gasteiger partial charge in [0.2, 0.25) is 0 Å². The average molecular weight is 293 g/mol. The second-order valence-electron chi connectivity index (χ2n) is 5.65. The molecule has 1 unspecified atom stereocenters. The Morgan fingerprint density at radius 2 is 2.00 bits per heavy atom. The average Bonchev–Trinajstić information content (AvgIpc) is 3.05. The summed E-state index contributed by atoms with van der Waals surface area (Å²) in [6.45, 7) is 3.82. The van der Waals surface area contributed by atoms with E-state index < -0.39 is 0 Å². The lowest BCUT2D eigenvalue weighted by Gasteiger charge is -2.18. The van der Waals surface area contributed by atoms with E-state index in [2.05, 4.69) is 28.1 Å². The van der Waals surface area contributed by atoms with Crippen LogP contribution >= 0.6 is 0 Å². The van der Waals surface area contributed by atoms with Crippen molar-refractivity contribution in [1.29, 1.82) is 5.26 Å². The van der Waals surface area contributed by atoms with Gasteiger partial charge in [0, 0.05) is 19.0 Å². The topological polar surface area (TPSA) is 49.1 Å². The molecule has 1 aliphatic heterocycles. The van der Waals surface area contributed by atoms with Gasteiger partial charge >= 0.3 is 0 Å². The summed E-state index contributed by atoms with van der Waals surface area (Å²) in [6, 6.07) is 14.4. The number of nitrogens with zero attached hydrogens (tertiary/aromatic N) is 3. The maximum absolute atomic E-state index is 9.12. The van der Waals surface area contributed by atoms with Crippen LogP contribution in [0.4, 0.5) is 5.82 Å². The summed E-state index contributed by atoms with van der Waals surface area (Å²) in [7, 11) is 1.68. The van der Waals surface area contributed by atoms with Crippen molar-refractivity contribution in [2.75, 3.05) is 25.1 Å². The minimum Gasteiger partial charge on any atom is -0.497 e. The fourth-order valence-corrected chi connectivity index (χ4v) is 2.92. The number of ether oxygens (including phenoxy) is 1. The van der Waals surface area contributed by atoms with E-state index in [9.17, 15) is 0 Å². The van der Waals surface area contributed by atoms with Crippen LogP contribution in [0.25, 0.3) is 0 Å². The first-order valence-corrected chi connectivity index (χ1v) is 7.48. The number of nitriles is 1. The zero-order valence-electron chi connectivity index (χ0n) is 12.9. The smallest absolute Gasteiger partial charge is 0.145 e.